The molecule has 0 atom stereocenters. The number of amides is 2. The Balaban J connectivity index is 1.88. The first-order valence-corrected chi connectivity index (χ1v) is 9.90. The topological polar surface area (TPSA) is 70.6 Å². The highest BCUT2D eigenvalue weighted by Gasteiger charge is 2.14. The Morgan fingerprint density at radius 2 is 1.55 bits per heavy atom. The average molecular weight is 394 g/mol. The molecule has 154 valence electrons. The lowest BCUT2D eigenvalue weighted by Crippen LogP contribution is -2.21. The van der Waals surface area contributed by atoms with E-state index in [-0.39, 0.29) is 23.7 Å². The van der Waals surface area contributed by atoms with Gasteiger partial charge in [-0.1, -0.05) is 58.9 Å². The molecule has 2 aromatic rings. The largest absolute Gasteiger partial charge is 0.326 e. The first-order chi connectivity index (χ1) is 13.6. The number of carbonyl (C=O) groups excluding carboxylic acids is 2. The third-order valence-electron chi connectivity index (χ3n) is 4.64. The van der Waals surface area contributed by atoms with Crippen LogP contribution in [0.1, 0.15) is 75.4 Å². The molecule has 2 N–H and O–H groups in total. The minimum atomic E-state index is -0.297. The van der Waals surface area contributed by atoms with Gasteiger partial charge in [0.1, 0.15) is 0 Å². The zero-order valence-electron chi connectivity index (χ0n) is 18.2. The van der Waals surface area contributed by atoms with Gasteiger partial charge in [0.25, 0.3) is 5.91 Å². The fraction of sp³-hybridized carbons (Fsp3) is 0.375. The van der Waals surface area contributed by atoms with E-state index in [4.69, 9.17) is 0 Å². The first kappa shape index (κ1) is 22.3. The molecule has 0 radical (unpaired) electrons. The number of hydrazone groups is 1. The van der Waals surface area contributed by atoms with E-state index in [9.17, 15) is 9.59 Å². The van der Waals surface area contributed by atoms with Crippen molar-refractivity contribution in [2.45, 2.75) is 59.3 Å². The van der Waals surface area contributed by atoms with E-state index in [0.29, 0.717) is 17.2 Å². The summed E-state index contributed by atoms with van der Waals surface area (Å²) in [4.78, 5) is 24.4. The minimum absolute atomic E-state index is 0.0339. The number of anilines is 1. The van der Waals surface area contributed by atoms with Crippen molar-refractivity contribution >= 4 is 23.2 Å². The zero-order chi connectivity index (χ0) is 21.6. The molecule has 0 aliphatic carbocycles. The van der Waals surface area contributed by atoms with E-state index >= 15 is 0 Å². The summed E-state index contributed by atoms with van der Waals surface area (Å²) >= 11 is 0. The second-order valence-electron chi connectivity index (χ2n) is 8.62. The van der Waals surface area contributed by atoms with Gasteiger partial charge < -0.3 is 5.32 Å². The SMILES string of the molecule is C/C(CC(=O)Nc1ccc(C(C)C)cc1)=N\NC(=O)c1ccc(C(C)(C)C)cc1. The van der Waals surface area contributed by atoms with Gasteiger partial charge in [0.2, 0.25) is 5.91 Å². The monoisotopic (exact) mass is 393 g/mol. The molecular weight excluding hydrogens is 362 g/mol. The average Bonchev–Trinajstić information content (AvgIpc) is 2.65. The van der Waals surface area contributed by atoms with E-state index in [1.807, 2.05) is 36.4 Å². The summed E-state index contributed by atoms with van der Waals surface area (Å²) in [6.07, 6.45) is 0.106. The lowest BCUT2D eigenvalue weighted by atomic mass is 9.87. The Labute approximate surface area is 173 Å². The molecule has 0 saturated heterocycles. The molecule has 0 bridgehead atoms. The number of benzene rings is 2. The molecule has 2 amide bonds. The molecule has 0 aliphatic rings. The van der Waals surface area contributed by atoms with E-state index in [2.05, 4.69) is 50.5 Å². The van der Waals surface area contributed by atoms with Crippen molar-refractivity contribution in [2.24, 2.45) is 5.10 Å². The van der Waals surface area contributed by atoms with Gasteiger partial charge in [0.15, 0.2) is 0 Å². The second kappa shape index (κ2) is 9.50. The van der Waals surface area contributed by atoms with Crippen molar-refractivity contribution in [3.05, 3.63) is 65.2 Å². The molecule has 0 spiro atoms. The highest BCUT2D eigenvalue weighted by molar-refractivity contribution is 6.06. The van der Waals surface area contributed by atoms with Crippen LogP contribution < -0.4 is 10.7 Å². The summed E-state index contributed by atoms with van der Waals surface area (Å²) in [7, 11) is 0. The van der Waals surface area contributed by atoms with Gasteiger partial charge >= 0.3 is 0 Å². The predicted octanol–water partition coefficient (Wildman–Crippen LogP) is 5.24. The van der Waals surface area contributed by atoms with Gasteiger partial charge in [-0.25, -0.2) is 5.43 Å². The van der Waals surface area contributed by atoms with E-state index < -0.39 is 0 Å². The van der Waals surface area contributed by atoms with Crippen LogP contribution in [0, 0.1) is 0 Å². The highest BCUT2D eigenvalue weighted by Crippen LogP contribution is 2.22. The molecular formula is C24H31N3O2. The lowest BCUT2D eigenvalue weighted by molar-refractivity contribution is -0.115. The van der Waals surface area contributed by atoms with Crippen molar-refractivity contribution < 1.29 is 9.59 Å². The number of rotatable bonds is 6. The Morgan fingerprint density at radius 1 is 0.966 bits per heavy atom. The maximum atomic E-state index is 12.3. The Hall–Kier alpha value is -2.95. The molecule has 29 heavy (non-hydrogen) atoms. The third-order valence-corrected chi connectivity index (χ3v) is 4.64. The molecule has 0 fully saturated rings. The zero-order valence-corrected chi connectivity index (χ0v) is 18.2. The number of nitrogens with one attached hydrogen (secondary N) is 2. The summed E-state index contributed by atoms with van der Waals surface area (Å²) in [5, 5.41) is 6.89. The fourth-order valence-corrected chi connectivity index (χ4v) is 2.76. The van der Waals surface area contributed by atoms with Crippen molar-refractivity contribution in [3.63, 3.8) is 0 Å². The number of carbonyl (C=O) groups is 2. The molecule has 0 aliphatic heterocycles. The van der Waals surface area contributed by atoms with Gasteiger partial charge in [0.05, 0.1) is 6.42 Å². The summed E-state index contributed by atoms with van der Waals surface area (Å²) < 4.78 is 0. The third kappa shape index (κ3) is 6.86. The van der Waals surface area contributed by atoms with Crippen molar-refractivity contribution in [2.75, 3.05) is 5.32 Å². The Bertz CT molecular complexity index is 874. The second-order valence-corrected chi connectivity index (χ2v) is 8.62. The van der Waals surface area contributed by atoms with Crippen molar-refractivity contribution in [1.29, 1.82) is 0 Å². The molecule has 0 saturated carbocycles. The van der Waals surface area contributed by atoms with Crippen LogP contribution in [0.25, 0.3) is 0 Å². The van der Waals surface area contributed by atoms with Gasteiger partial charge in [-0.05, 0) is 53.6 Å². The van der Waals surface area contributed by atoms with Gasteiger partial charge in [0, 0.05) is 17.0 Å². The lowest BCUT2D eigenvalue weighted by Gasteiger charge is -2.18. The number of hydrogen-bond donors (Lipinski definition) is 2. The van der Waals surface area contributed by atoms with E-state index in [1.54, 1.807) is 19.1 Å². The maximum Gasteiger partial charge on any atom is 0.271 e. The summed E-state index contributed by atoms with van der Waals surface area (Å²) in [6.45, 7) is 12.3. The van der Waals surface area contributed by atoms with Crippen LogP contribution >= 0.6 is 0 Å². The molecule has 5 nitrogen and oxygen atoms in total. The van der Waals surface area contributed by atoms with Crippen LogP contribution in [0.5, 0.6) is 0 Å². The number of nitrogens with zero attached hydrogens (tertiary/aromatic N) is 1. The molecule has 2 aromatic carbocycles. The smallest absolute Gasteiger partial charge is 0.271 e. The Morgan fingerprint density at radius 3 is 2.07 bits per heavy atom. The molecule has 2 rings (SSSR count). The molecule has 5 heteroatoms. The van der Waals surface area contributed by atoms with E-state index in [1.165, 1.54) is 5.56 Å². The van der Waals surface area contributed by atoms with Crippen LogP contribution in [0.15, 0.2) is 53.6 Å². The summed E-state index contributed by atoms with van der Waals surface area (Å²) in [5.74, 6) is -0.0239. The van der Waals surface area contributed by atoms with Crippen LogP contribution in [0.3, 0.4) is 0 Å². The standard InChI is InChI=1S/C24H31N3O2/c1-16(2)18-9-13-21(14-10-18)25-22(28)15-17(3)26-27-23(29)19-7-11-20(12-8-19)24(4,5)6/h7-14,16H,15H2,1-6H3,(H,25,28)(H,27,29)/b26-17+. The van der Waals surface area contributed by atoms with Gasteiger partial charge in [-0.15, -0.1) is 0 Å². The highest BCUT2D eigenvalue weighted by atomic mass is 16.2. The van der Waals surface area contributed by atoms with Crippen LogP contribution in [-0.2, 0) is 10.2 Å². The first-order valence-electron chi connectivity index (χ1n) is 9.90. The maximum absolute atomic E-state index is 12.3. The molecule has 0 heterocycles. The van der Waals surface area contributed by atoms with Gasteiger partial charge in [-0.3, -0.25) is 9.59 Å². The summed E-state index contributed by atoms with van der Waals surface area (Å²) in [5.41, 5.74) is 6.74. The quantitative estimate of drug-likeness (QED) is 0.520. The normalized spacial score (nSPS) is 12.0. The van der Waals surface area contributed by atoms with Crippen LogP contribution in [0.4, 0.5) is 5.69 Å². The van der Waals surface area contributed by atoms with Crippen LogP contribution in [0.2, 0.25) is 0 Å². The van der Waals surface area contributed by atoms with Gasteiger partial charge in [-0.2, -0.15) is 5.10 Å². The van der Waals surface area contributed by atoms with Crippen molar-refractivity contribution in [3.8, 4) is 0 Å². The summed E-state index contributed by atoms with van der Waals surface area (Å²) in [6, 6.07) is 15.3. The minimum Gasteiger partial charge on any atom is -0.326 e. The number of hydrogen-bond acceptors (Lipinski definition) is 3. The van der Waals surface area contributed by atoms with E-state index in [0.717, 1.165) is 11.3 Å². The molecule has 0 aromatic heterocycles. The van der Waals surface area contributed by atoms with Crippen LogP contribution in [-0.4, -0.2) is 17.5 Å². The van der Waals surface area contributed by atoms with Crippen molar-refractivity contribution in [1.82, 2.24) is 5.43 Å². The Kier molecular flexibility index (Phi) is 7.32. The molecule has 0 unspecified atom stereocenters. The predicted molar refractivity (Wildman–Crippen MR) is 119 cm³/mol. The fourth-order valence-electron chi connectivity index (χ4n) is 2.76.